The van der Waals surface area contributed by atoms with E-state index in [4.69, 9.17) is 4.74 Å². The monoisotopic (exact) mass is 241 g/mol. The molecular formula is C11H19N3O3. The third-order valence-corrected chi connectivity index (χ3v) is 3.26. The zero-order valence-corrected chi connectivity index (χ0v) is 10.1. The lowest BCUT2D eigenvalue weighted by molar-refractivity contribution is -0.125. The van der Waals surface area contributed by atoms with Crippen molar-refractivity contribution in [3.8, 4) is 0 Å². The predicted octanol–water partition coefficient (Wildman–Crippen LogP) is -0.351. The van der Waals surface area contributed by atoms with E-state index < -0.39 is 0 Å². The quantitative estimate of drug-likeness (QED) is 0.683. The van der Waals surface area contributed by atoms with Gasteiger partial charge >= 0.3 is 6.03 Å². The summed E-state index contributed by atoms with van der Waals surface area (Å²) >= 11 is 0. The van der Waals surface area contributed by atoms with Gasteiger partial charge in [-0.2, -0.15) is 0 Å². The number of nitrogens with one attached hydrogen (secondary N) is 1. The molecule has 0 saturated carbocycles. The van der Waals surface area contributed by atoms with E-state index in [1.807, 2.05) is 0 Å². The Kier molecular flexibility index (Phi) is 3.96. The summed E-state index contributed by atoms with van der Waals surface area (Å²) in [6, 6.07) is -0.268. The second-order valence-electron chi connectivity index (χ2n) is 4.41. The first kappa shape index (κ1) is 12.3. The molecule has 0 unspecified atom stereocenters. The van der Waals surface area contributed by atoms with Crippen LogP contribution in [0, 0.1) is 0 Å². The minimum atomic E-state index is -0.268. The number of amides is 3. The van der Waals surface area contributed by atoms with Crippen LogP contribution >= 0.6 is 0 Å². The Morgan fingerprint density at radius 1 is 1.41 bits per heavy atom. The van der Waals surface area contributed by atoms with Crippen LogP contribution in [0.3, 0.4) is 0 Å². The smallest absolute Gasteiger partial charge is 0.324 e. The molecule has 6 heteroatoms. The molecule has 2 heterocycles. The van der Waals surface area contributed by atoms with Crippen LogP contribution in [0.4, 0.5) is 4.79 Å². The highest BCUT2D eigenvalue weighted by molar-refractivity contribution is 6.01. The third-order valence-electron chi connectivity index (χ3n) is 3.26. The molecule has 6 nitrogen and oxygen atoms in total. The minimum Gasteiger partial charge on any atom is -0.376 e. The summed E-state index contributed by atoms with van der Waals surface area (Å²) in [5, 5.41) is 2.52. The standard InChI is InChI=1S/C11H19N3O3/c1-2-9-8-13(5-6-17-9)3-4-14-10(15)7-12-11(14)16/h9H,2-8H2,1H3,(H,12,16)/t9-/m0/s1. The maximum absolute atomic E-state index is 11.4. The van der Waals surface area contributed by atoms with Crippen molar-refractivity contribution in [2.75, 3.05) is 39.3 Å². The van der Waals surface area contributed by atoms with Crippen molar-refractivity contribution in [1.29, 1.82) is 0 Å². The van der Waals surface area contributed by atoms with Gasteiger partial charge in [-0.25, -0.2) is 4.79 Å². The number of ether oxygens (including phenoxy) is 1. The predicted molar refractivity (Wildman–Crippen MR) is 61.6 cm³/mol. The van der Waals surface area contributed by atoms with E-state index in [-0.39, 0.29) is 24.6 Å². The fourth-order valence-corrected chi connectivity index (χ4v) is 2.15. The summed E-state index contributed by atoms with van der Waals surface area (Å²) < 4.78 is 5.57. The van der Waals surface area contributed by atoms with Crippen molar-refractivity contribution >= 4 is 11.9 Å². The SMILES string of the molecule is CC[C@H]1CN(CCN2C(=O)CNC2=O)CCO1. The Bertz CT molecular complexity index is 292. The van der Waals surface area contributed by atoms with E-state index in [0.29, 0.717) is 6.54 Å². The fraction of sp³-hybridized carbons (Fsp3) is 0.818. The Morgan fingerprint density at radius 2 is 2.24 bits per heavy atom. The van der Waals surface area contributed by atoms with Crippen LogP contribution in [0.1, 0.15) is 13.3 Å². The molecule has 0 aromatic heterocycles. The molecule has 0 radical (unpaired) electrons. The van der Waals surface area contributed by atoms with E-state index in [1.54, 1.807) is 0 Å². The van der Waals surface area contributed by atoms with E-state index in [9.17, 15) is 9.59 Å². The Labute approximate surface area is 101 Å². The largest absolute Gasteiger partial charge is 0.376 e. The van der Waals surface area contributed by atoms with Crippen molar-refractivity contribution in [3.63, 3.8) is 0 Å². The zero-order chi connectivity index (χ0) is 12.3. The maximum Gasteiger partial charge on any atom is 0.324 e. The van der Waals surface area contributed by atoms with E-state index >= 15 is 0 Å². The third kappa shape index (κ3) is 2.95. The van der Waals surface area contributed by atoms with Gasteiger partial charge in [0.2, 0.25) is 5.91 Å². The number of nitrogens with zero attached hydrogens (tertiary/aromatic N) is 2. The topological polar surface area (TPSA) is 61.9 Å². The molecule has 2 fully saturated rings. The molecule has 2 aliphatic rings. The second-order valence-corrected chi connectivity index (χ2v) is 4.41. The lowest BCUT2D eigenvalue weighted by atomic mass is 10.2. The average molecular weight is 241 g/mol. The van der Waals surface area contributed by atoms with E-state index in [0.717, 1.165) is 32.7 Å². The lowest BCUT2D eigenvalue weighted by Crippen LogP contribution is -2.46. The van der Waals surface area contributed by atoms with E-state index in [2.05, 4.69) is 17.1 Å². The maximum atomic E-state index is 11.4. The number of urea groups is 1. The van der Waals surface area contributed by atoms with Crippen LogP contribution in [0.25, 0.3) is 0 Å². The zero-order valence-electron chi connectivity index (χ0n) is 10.1. The number of rotatable bonds is 4. The molecule has 17 heavy (non-hydrogen) atoms. The molecule has 0 aromatic rings. The van der Waals surface area contributed by atoms with Gasteiger partial charge < -0.3 is 10.1 Å². The van der Waals surface area contributed by atoms with Crippen molar-refractivity contribution < 1.29 is 14.3 Å². The van der Waals surface area contributed by atoms with Gasteiger partial charge in [0.25, 0.3) is 0 Å². The van der Waals surface area contributed by atoms with Gasteiger partial charge in [0.15, 0.2) is 0 Å². The summed E-state index contributed by atoms with van der Waals surface area (Å²) in [5.41, 5.74) is 0. The normalized spacial score (nSPS) is 26.4. The van der Waals surface area contributed by atoms with Crippen molar-refractivity contribution in [3.05, 3.63) is 0 Å². The van der Waals surface area contributed by atoms with E-state index in [1.165, 1.54) is 4.90 Å². The van der Waals surface area contributed by atoms with Gasteiger partial charge in [-0.1, -0.05) is 6.92 Å². The van der Waals surface area contributed by atoms with Gasteiger partial charge in [-0.3, -0.25) is 14.6 Å². The minimum absolute atomic E-state index is 0.129. The highest BCUT2D eigenvalue weighted by atomic mass is 16.5. The first-order valence-corrected chi connectivity index (χ1v) is 6.13. The van der Waals surface area contributed by atoms with Crippen LogP contribution in [-0.2, 0) is 9.53 Å². The number of hydrogen-bond donors (Lipinski definition) is 1. The Hall–Kier alpha value is -1.14. The number of carbonyl (C=O) groups is 2. The molecule has 2 rings (SSSR count). The van der Waals surface area contributed by atoms with Crippen LogP contribution < -0.4 is 5.32 Å². The first-order chi connectivity index (χ1) is 8.20. The van der Waals surface area contributed by atoms with Crippen molar-refractivity contribution in [2.24, 2.45) is 0 Å². The van der Waals surface area contributed by atoms with Crippen LogP contribution in [-0.4, -0.2) is 67.2 Å². The Balaban J connectivity index is 1.77. The summed E-state index contributed by atoms with van der Waals surface area (Å²) in [6.07, 6.45) is 1.28. The van der Waals surface area contributed by atoms with Gasteiger partial charge in [0.05, 0.1) is 19.3 Å². The number of morpholine rings is 1. The van der Waals surface area contributed by atoms with Crippen molar-refractivity contribution in [1.82, 2.24) is 15.1 Å². The lowest BCUT2D eigenvalue weighted by Gasteiger charge is -2.33. The molecule has 0 bridgehead atoms. The molecule has 0 aromatic carbocycles. The molecule has 1 atom stereocenters. The highest BCUT2D eigenvalue weighted by Gasteiger charge is 2.29. The number of imide groups is 1. The van der Waals surface area contributed by atoms with Gasteiger partial charge in [-0.05, 0) is 6.42 Å². The highest BCUT2D eigenvalue weighted by Crippen LogP contribution is 2.08. The van der Waals surface area contributed by atoms with Gasteiger partial charge in [0, 0.05) is 26.2 Å². The second kappa shape index (κ2) is 5.46. The Morgan fingerprint density at radius 3 is 2.88 bits per heavy atom. The van der Waals surface area contributed by atoms with Crippen LogP contribution in [0.5, 0.6) is 0 Å². The molecule has 2 saturated heterocycles. The van der Waals surface area contributed by atoms with Gasteiger partial charge in [0.1, 0.15) is 0 Å². The molecule has 2 aliphatic heterocycles. The molecule has 0 spiro atoms. The summed E-state index contributed by atoms with van der Waals surface area (Å²) in [6.45, 7) is 5.95. The molecule has 96 valence electrons. The first-order valence-electron chi connectivity index (χ1n) is 6.13. The van der Waals surface area contributed by atoms with Crippen LogP contribution in [0.2, 0.25) is 0 Å². The summed E-state index contributed by atoms with van der Waals surface area (Å²) in [4.78, 5) is 26.2. The molecule has 1 N–H and O–H groups in total. The number of carbonyl (C=O) groups excluding carboxylic acids is 2. The average Bonchev–Trinajstić information content (AvgIpc) is 2.67. The molecular weight excluding hydrogens is 222 g/mol. The van der Waals surface area contributed by atoms with Gasteiger partial charge in [-0.15, -0.1) is 0 Å². The van der Waals surface area contributed by atoms with Crippen LogP contribution in [0.15, 0.2) is 0 Å². The summed E-state index contributed by atoms with van der Waals surface area (Å²) in [5.74, 6) is -0.129. The molecule has 3 amide bonds. The fourth-order valence-electron chi connectivity index (χ4n) is 2.15. The summed E-state index contributed by atoms with van der Waals surface area (Å²) in [7, 11) is 0. The van der Waals surface area contributed by atoms with Crippen molar-refractivity contribution in [2.45, 2.75) is 19.4 Å². The molecule has 0 aliphatic carbocycles. The number of hydrogen-bond acceptors (Lipinski definition) is 4.